The Morgan fingerprint density at radius 3 is 2.31 bits per heavy atom. The van der Waals surface area contributed by atoms with E-state index in [1.165, 1.54) is 0 Å². The summed E-state index contributed by atoms with van der Waals surface area (Å²) in [4.78, 5) is 0.703. The first-order chi connectivity index (χ1) is 6.08. The van der Waals surface area contributed by atoms with Crippen molar-refractivity contribution in [2.75, 3.05) is 0 Å². The fourth-order valence-corrected chi connectivity index (χ4v) is 1.96. The molecule has 2 nitrogen and oxygen atoms in total. The second-order valence-corrected chi connectivity index (χ2v) is 5.23. The number of benzene rings is 1. The van der Waals surface area contributed by atoms with Gasteiger partial charge in [-0.25, -0.2) is 0 Å². The van der Waals surface area contributed by atoms with Crippen LogP contribution >= 0.6 is 0 Å². The number of nitriles is 1. The largest absolute Gasteiger partial charge is 0.253 e. The van der Waals surface area contributed by atoms with Crippen LogP contribution in [0, 0.1) is 11.3 Å². The minimum Gasteiger partial charge on any atom is -0.253 e. The fourth-order valence-electron chi connectivity index (χ4n) is 0.880. The molecule has 68 valence electrons. The molecule has 13 heavy (non-hydrogen) atoms. The smallest absolute Gasteiger partial charge is 0.131 e. The highest BCUT2D eigenvalue weighted by Crippen LogP contribution is 2.19. The molecular formula is C10H11NOS. The number of nitrogens with zero attached hydrogens (tertiary/aromatic N) is 1. The van der Waals surface area contributed by atoms with Crippen LogP contribution in [0.15, 0.2) is 35.2 Å². The topological polar surface area (TPSA) is 40.9 Å². The van der Waals surface area contributed by atoms with E-state index in [1.807, 2.05) is 24.3 Å². The summed E-state index contributed by atoms with van der Waals surface area (Å²) in [7, 11) is -1.25. The van der Waals surface area contributed by atoms with Crippen LogP contribution in [-0.4, -0.2) is 8.96 Å². The zero-order valence-corrected chi connectivity index (χ0v) is 8.47. The quantitative estimate of drug-likeness (QED) is 0.721. The molecule has 0 saturated carbocycles. The Bertz CT molecular complexity index is 351. The van der Waals surface area contributed by atoms with Crippen LogP contribution in [0.1, 0.15) is 13.8 Å². The maximum Gasteiger partial charge on any atom is 0.131 e. The molecule has 1 aromatic rings. The van der Waals surface area contributed by atoms with E-state index in [-0.39, 0.29) is 0 Å². The number of hydrogen-bond donors (Lipinski definition) is 0. The van der Waals surface area contributed by atoms with Crippen LogP contribution in [0.5, 0.6) is 0 Å². The van der Waals surface area contributed by atoms with E-state index >= 15 is 0 Å². The maximum atomic E-state index is 11.8. The molecule has 0 aliphatic carbocycles. The molecular weight excluding hydrogens is 182 g/mol. The molecule has 0 amide bonds. The van der Waals surface area contributed by atoms with E-state index in [0.29, 0.717) is 4.90 Å². The molecule has 0 N–H and O–H groups in total. The van der Waals surface area contributed by atoms with Gasteiger partial charge < -0.3 is 0 Å². The highest BCUT2D eigenvalue weighted by molar-refractivity contribution is 7.86. The van der Waals surface area contributed by atoms with Crippen molar-refractivity contribution in [1.82, 2.24) is 0 Å². The summed E-state index contributed by atoms with van der Waals surface area (Å²) in [5.74, 6) is 0. The van der Waals surface area contributed by atoms with E-state index in [9.17, 15) is 4.21 Å². The lowest BCUT2D eigenvalue weighted by Crippen LogP contribution is -2.23. The zero-order valence-electron chi connectivity index (χ0n) is 7.65. The molecule has 0 aromatic heterocycles. The van der Waals surface area contributed by atoms with Gasteiger partial charge in [0, 0.05) is 4.90 Å². The van der Waals surface area contributed by atoms with E-state index < -0.39 is 15.5 Å². The number of rotatable bonds is 2. The lowest BCUT2D eigenvalue weighted by Gasteiger charge is -2.14. The molecule has 0 radical (unpaired) electrons. The summed E-state index contributed by atoms with van der Waals surface area (Å²) in [5.41, 5.74) is 0. The van der Waals surface area contributed by atoms with Crippen molar-refractivity contribution in [1.29, 1.82) is 5.26 Å². The molecule has 0 fully saturated rings. The van der Waals surface area contributed by atoms with E-state index in [0.717, 1.165) is 0 Å². The van der Waals surface area contributed by atoms with Crippen molar-refractivity contribution in [3.8, 4) is 6.07 Å². The van der Waals surface area contributed by atoms with Crippen LogP contribution in [0.4, 0.5) is 0 Å². The molecule has 0 spiro atoms. The molecule has 0 bridgehead atoms. The SMILES string of the molecule is CC(C)(C#N)[S@@](=O)c1ccccc1. The molecule has 0 aliphatic heterocycles. The average molecular weight is 193 g/mol. The third kappa shape index (κ3) is 2.16. The van der Waals surface area contributed by atoms with Gasteiger partial charge in [0.2, 0.25) is 0 Å². The summed E-state index contributed by atoms with van der Waals surface area (Å²) in [5, 5.41) is 8.78. The number of hydrogen-bond acceptors (Lipinski definition) is 2. The second-order valence-electron chi connectivity index (χ2n) is 3.20. The molecule has 0 unspecified atom stereocenters. The van der Waals surface area contributed by atoms with Gasteiger partial charge in [-0.1, -0.05) is 18.2 Å². The summed E-state index contributed by atoms with van der Waals surface area (Å²) < 4.78 is 11.0. The van der Waals surface area contributed by atoms with Gasteiger partial charge in [0.25, 0.3) is 0 Å². The van der Waals surface area contributed by atoms with Crippen molar-refractivity contribution in [2.45, 2.75) is 23.5 Å². The third-order valence-electron chi connectivity index (χ3n) is 1.69. The van der Waals surface area contributed by atoms with Crippen LogP contribution in [0.3, 0.4) is 0 Å². The van der Waals surface area contributed by atoms with Gasteiger partial charge in [-0.15, -0.1) is 0 Å². The summed E-state index contributed by atoms with van der Waals surface area (Å²) >= 11 is 0. The minimum atomic E-state index is -1.25. The Labute approximate surface area is 80.7 Å². The maximum absolute atomic E-state index is 11.8. The van der Waals surface area contributed by atoms with Crippen LogP contribution < -0.4 is 0 Å². The summed E-state index contributed by atoms with van der Waals surface area (Å²) in [6, 6.07) is 11.1. The second kappa shape index (κ2) is 3.71. The minimum absolute atomic E-state index is 0.703. The monoisotopic (exact) mass is 193 g/mol. The van der Waals surface area contributed by atoms with Crippen molar-refractivity contribution >= 4 is 10.8 Å². The van der Waals surface area contributed by atoms with Gasteiger partial charge in [-0.3, -0.25) is 4.21 Å². The normalized spacial score (nSPS) is 13.3. The molecule has 1 aromatic carbocycles. The van der Waals surface area contributed by atoms with Crippen LogP contribution in [-0.2, 0) is 10.8 Å². The molecule has 3 heteroatoms. The first-order valence-corrected chi connectivity index (χ1v) is 5.11. The third-order valence-corrected chi connectivity index (χ3v) is 3.41. The Kier molecular flexibility index (Phi) is 2.84. The van der Waals surface area contributed by atoms with Crippen molar-refractivity contribution in [3.63, 3.8) is 0 Å². The van der Waals surface area contributed by atoms with Gasteiger partial charge >= 0.3 is 0 Å². The summed E-state index contributed by atoms with van der Waals surface area (Å²) in [6.45, 7) is 3.35. The first kappa shape index (κ1) is 9.94. The Balaban J connectivity index is 3.01. The Hall–Kier alpha value is -1.14. The molecule has 1 atom stereocenters. The van der Waals surface area contributed by atoms with Gasteiger partial charge in [0.15, 0.2) is 0 Å². The molecule has 0 aliphatic rings. The first-order valence-electron chi connectivity index (χ1n) is 3.96. The highest BCUT2D eigenvalue weighted by Gasteiger charge is 2.26. The predicted octanol–water partition coefficient (Wildman–Crippen LogP) is 2.10. The standard InChI is InChI=1S/C10H11NOS/c1-10(2,8-11)13(12)9-6-4-3-5-7-9/h3-7H,1-2H3/t13-/m0/s1. The Morgan fingerprint density at radius 2 is 1.85 bits per heavy atom. The lowest BCUT2D eigenvalue weighted by molar-refractivity contribution is 0.665. The van der Waals surface area contributed by atoms with Crippen molar-refractivity contribution in [2.24, 2.45) is 0 Å². The van der Waals surface area contributed by atoms with Crippen molar-refractivity contribution in [3.05, 3.63) is 30.3 Å². The van der Waals surface area contributed by atoms with Crippen LogP contribution in [0.2, 0.25) is 0 Å². The van der Waals surface area contributed by atoms with E-state index in [4.69, 9.17) is 5.26 Å². The van der Waals surface area contributed by atoms with Crippen molar-refractivity contribution < 1.29 is 4.21 Å². The Morgan fingerprint density at radius 1 is 1.31 bits per heavy atom. The average Bonchev–Trinajstić information content (AvgIpc) is 2.18. The van der Waals surface area contributed by atoms with E-state index in [1.54, 1.807) is 26.0 Å². The summed E-state index contributed by atoms with van der Waals surface area (Å²) in [6.07, 6.45) is 0. The zero-order chi connectivity index (χ0) is 9.90. The van der Waals surface area contributed by atoms with Gasteiger partial charge in [0.1, 0.15) is 4.75 Å². The molecule has 0 saturated heterocycles. The predicted molar refractivity (Wildman–Crippen MR) is 52.5 cm³/mol. The lowest BCUT2D eigenvalue weighted by atomic mass is 10.2. The highest BCUT2D eigenvalue weighted by atomic mass is 32.2. The fraction of sp³-hybridized carbons (Fsp3) is 0.300. The van der Waals surface area contributed by atoms with E-state index in [2.05, 4.69) is 0 Å². The van der Waals surface area contributed by atoms with Gasteiger partial charge in [-0.05, 0) is 26.0 Å². The van der Waals surface area contributed by atoms with Gasteiger partial charge in [0.05, 0.1) is 16.9 Å². The van der Waals surface area contributed by atoms with Gasteiger partial charge in [-0.2, -0.15) is 5.26 Å². The van der Waals surface area contributed by atoms with Crippen LogP contribution in [0.25, 0.3) is 0 Å². The molecule has 1 rings (SSSR count). The molecule has 0 heterocycles.